The van der Waals surface area contributed by atoms with Crippen molar-refractivity contribution in [3.05, 3.63) is 78.0 Å². The standard InChI is InChI=1S/C17H16FN5/c18-15-6-2-1-5-14(15)12-21-16-7-9-20-17(23-16)22-11-13-4-3-8-19-10-13/h1-10H,11-12H2,(H2,20,21,22,23). The minimum Gasteiger partial charge on any atom is -0.366 e. The van der Waals surface area contributed by atoms with E-state index in [1.165, 1.54) is 6.07 Å². The number of halogens is 1. The summed E-state index contributed by atoms with van der Waals surface area (Å²) in [6.45, 7) is 0.955. The number of hydrogen-bond donors (Lipinski definition) is 2. The molecule has 3 aromatic rings. The Morgan fingerprint density at radius 1 is 0.913 bits per heavy atom. The summed E-state index contributed by atoms with van der Waals surface area (Å²) < 4.78 is 13.6. The zero-order chi connectivity index (χ0) is 15.9. The third-order valence-corrected chi connectivity index (χ3v) is 3.25. The van der Waals surface area contributed by atoms with Gasteiger partial charge in [-0.25, -0.2) is 9.37 Å². The van der Waals surface area contributed by atoms with Crippen molar-refractivity contribution in [2.24, 2.45) is 0 Å². The van der Waals surface area contributed by atoms with Gasteiger partial charge in [-0.1, -0.05) is 24.3 Å². The molecule has 0 amide bonds. The number of benzene rings is 1. The average Bonchev–Trinajstić information content (AvgIpc) is 2.61. The van der Waals surface area contributed by atoms with Gasteiger partial charge >= 0.3 is 0 Å². The first-order valence-electron chi connectivity index (χ1n) is 7.24. The number of rotatable bonds is 6. The first-order valence-corrected chi connectivity index (χ1v) is 7.24. The summed E-state index contributed by atoms with van der Waals surface area (Å²) in [6.07, 6.45) is 5.17. The molecule has 2 heterocycles. The van der Waals surface area contributed by atoms with E-state index in [-0.39, 0.29) is 5.82 Å². The van der Waals surface area contributed by atoms with Gasteiger partial charge in [0.2, 0.25) is 5.95 Å². The van der Waals surface area contributed by atoms with Crippen molar-refractivity contribution < 1.29 is 4.39 Å². The lowest BCUT2D eigenvalue weighted by atomic mass is 10.2. The molecule has 0 aliphatic heterocycles. The Morgan fingerprint density at radius 2 is 1.83 bits per heavy atom. The second-order valence-electron chi connectivity index (χ2n) is 4.93. The third-order valence-electron chi connectivity index (χ3n) is 3.25. The largest absolute Gasteiger partial charge is 0.366 e. The molecule has 0 aliphatic rings. The van der Waals surface area contributed by atoms with E-state index in [0.717, 1.165) is 5.56 Å². The predicted octanol–water partition coefficient (Wildman–Crippen LogP) is 3.23. The molecule has 0 saturated heterocycles. The molecule has 0 spiro atoms. The topological polar surface area (TPSA) is 62.7 Å². The van der Waals surface area contributed by atoms with Crippen LogP contribution in [-0.4, -0.2) is 15.0 Å². The number of nitrogens with one attached hydrogen (secondary N) is 2. The van der Waals surface area contributed by atoms with Gasteiger partial charge in [-0.2, -0.15) is 4.98 Å². The minimum atomic E-state index is -0.232. The molecule has 6 heteroatoms. The highest BCUT2D eigenvalue weighted by Crippen LogP contribution is 2.11. The second-order valence-corrected chi connectivity index (χ2v) is 4.93. The van der Waals surface area contributed by atoms with E-state index in [0.29, 0.717) is 30.4 Å². The summed E-state index contributed by atoms with van der Waals surface area (Å²) in [5, 5.41) is 6.23. The van der Waals surface area contributed by atoms with E-state index in [2.05, 4.69) is 25.6 Å². The fourth-order valence-corrected chi connectivity index (χ4v) is 2.05. The smallest absolute Gasteiger partial charge is 0.224 e. The first-order chi connectivity index (χ1) is 11.3. The molecule has 0 fully saturated rings. The van der Waals surface area contributed by atoms with Crippen LogP contribution in [0.15, 0.2) is 61.1 Å². The normalized spacial score (nSPS) is 10.3. The molecular formula is C17H16FN5. The van der Waals surface area contributed by atoms with Crippen LogP contribution >= 0.6 is 0 Å². The summed E-state index contributed by atoms with van der Waals surface area (Å²) in [5.74, 6) is 0.910. The molecule has 0 radical (unpaired) electrons. The lowest BCUT2D eigenvalue weighted by Gasteiger charge is -2.09. The maximum absolute atomic E-state index is 13.6. The highest BCUT2D eigenvalue weighted by molar-refractivity contribution is 5.40. The van der Waals surface area contributed by atoms with Gasteiger partial charge in [0.1, 0.15) is 11.6 Å². The number of nitrogens with zero attached hydrogens (tertiary/aromatic N) is 3. The molecule has 0 unspecified atom stereocenters. The van der Waals surface area contributed by atoms with Gasteiger partial charge in [-0.15, -0.1) is 0 Å². The molecule has 0 saturated carbocycles. The van der Waals surface area contributed by atoms with E-state index in [1.54, 1.807) is 42.9 Å². The first kappa shape index (κ1) is 14.9. The van der Waals surface area contributed by atoms with Gasteiger partial charge in [0.15, 0.2) is 0 Å². The maximum Gasteiger partial charge on any atom is 0.224 e. The molecule has 2 aromatic heterocycles. The molecule has 116 valence electrons. The van der Waals surface area contributed by atoms with Crippen molar-refractivity contribution in [2.45, 2.75) is 13.1 Å². The van der Waals surface area contributed by atoms with Crippen LogP contribution in [0.4, 0.5) is 16.2 Å². The number of aromatic nitrogens is 3. The maximum atomic E-state index is 13.6. The van der Waals surface area contributed by atoms with E-state index in [9.17, 15) is 4.39 Å². The molecule has 3 rings (SSSR count). The summed E-state index contributed by atoms with van der Waals surface area (Å²) in [7, 11) is 0. The Balaban J connectivity index is 1.60. The quantitative estimate of drug-likeness (QED) is 0.732. The van der Waals surface area contributed by atoms with Crippen LogP contribution in [0, 0.1) is 5.82 Å². The van der Waals surface area contributed by atoms with Crippen molar-refractivity contribution in [2.75, 3.05) is 10.6 Å². The Bertz CT molecular complexity index is 764. The van der Waals surface area contributed by atoms with Crippen molar-refractivity contribution in [1.29, 1.82) is 0 Å². The zero-order valence-electron chi connectivity index (χ0n) is 12.4. The lowest BCUT2D eigenvalue weighted by Crippen LogP contribution is -2.07. The van der Waals surface area contributed by atoms with E-state index < -0.39 is 0 Å². The van der Waals surface area contributed by atoms with Gasteiger partial charge in [0.25, 0.3) is 0 Å². The molecule has 0 bridgehead atoms. The van der Waals surface area contributed by atoms with Crippen molar-refractivity contribution in [3.8, 4) is 0 Å². The van der Waals surface area contributed by atoms with Crippen LogP contribution in [0.5, 0.6) is 0 Å². The van der Waals surface area contributed by atoms with Crippen LogP contribution in [0.1, 0.15) is 11.1 Å². The van der Waals surface area contributed by atoms with Gasteiger partial charge in [0.05, 0.1) is 0 Å². The number of hydrogen-bond acceptors (Lipinski definition) is 5. The third kappa shape index (κ3) is 4.23. The van der Waals surface area contributed by atoms with Crippen LogP contribution in [-0.2, 0) is 13.1 Å². The summed E-state index contributed by atoms with van der Waals surface area (Å²) >= 11 is 0. The van der Waals surface area contributed by atoms with Crippen LogP contribution in [0.2, 0.25) is 0 Å². The van der Waals surface area contributed by atoms with E-state index in [4.69, 9.17) is 0 Å². The zero-order valence-corrected chi connectivity index (χ0v) is 12.4. The molecule has 2 N–H and O–H groups in total. The van der Waals surface area contributed by atoms with Crippen molar-refractivity contribution in [1.82, 2.24) is 15.0 Å². The summed E-state index contributed by atoms with van der Waals surface area (Å²) in [6, 6.07) is 12.3. The number of pyridine rings is 1. The summed E-state index contributed by atoms with van der Waals surface area (Å²) in [5.41, 5.74) is 1.64. The molecule has 0 atom stereocenters. The average molecular weight is 309 g/mol. The van der Waals surface area contributed by atoms with Crippen molar-refractivity contribution in [3.63, 3.8) is 0 Å². The monoisotopic (exact) mass is 309 g/mol. The van der Waals surface area contributed by atoms with Gasteiger partial charge in [0, 0.05) is 37.2 Å². The SMILES string of the molecule is Fc1ccccc1CNc1ccnc(NCc2cccnc2)n1. The lowest BCUT2D eigenvalue weighted by molar-refractivity contribution is 0.613. The van der Waals surface area contributed by atoms with Crippen LogP contribution in [0.25, 0.3) is 0 Å². The fourth-order valence-electron chi connectivity index (χ4n) is 2.05. The van der Waals surface area contributed by atoms with E-state index >= 15 is 0 Å². The van der Waals surface area contributed by atoms with Crippen molar-refractivity contribution >= 4 is 11.8 Å². The molecular weight excluding hydrogens is 293 g/mol. The fraction of sp³-hybridized carbons (Fsp3) is 0.118. The Hall–Kier alpha value is -3.02. The van der Waals surface area contributed by atoms with Crippen LogP contribution < -0.4 is 10.6 Å². The van der Waals surface area contributed by atoms with Gasteiger partial charge < -0.3 is 10.6 Å². The summed E-state index contributed by atoms with van der Waals surface area (Å²) in [4.78, 5) is 12.6. The number of anilines is 2. The minimum absolute atomic E-state index is 0.232. The Morgan fingerprint density at radius 3 is 2.65 bits per heavy atom. The Kier molecular flexibility index (Phi) is 4.73. The predicted molar refractivity (Wildman–Crippen MR) is 87.3 cm³/mol. The highest BCUT2D eigenvalue weighted by atomic mass is 19.1. The van der Waals surface area contributed by atoms with E-state index in [1.807, 2.05) is 12.1 Å². The molecule has 1 aromatic carbocycles. The van der Waals surface area contributed by atoms with Crippen LogP contribution in [0.3, 0.4) is 0 Å². The highest BCUT2D eigenvalue weighted by Gasteiger charge is 2.02. The Labute approximate surface area is 133 Å². The van der Waals surface area contributed by atoms with Gasteiger partial charge in [-0.05, 0) is 23.8 Å². The molecule has 23 heavy (non-hydrogen) atoms. The molecule has 5 nitrogen and oxygen atoms in total. The second kappa shape index (κ2) is 7.31. The van der Waals surface area contributed by atoms with Gasteiger partial charge in [-0.3, -0.25) is 4.98 Å². The molecule has 0 aliphatic carbocycles.